The molecule has 0 unspecified atom stereocenters. The molecule has 1 aromatic carbocycles. The molecular formula is C26H33N3O5. The van der Waals surface area contributed by atoms with Crippen LogP contribution in [0, 0.1) is 19.8 Å². The molecule has 1 amide bonds. The number of nitrogens with one attached hydrogen (secondary N) is 1. The molecule has 1 saturated carbocycles. The molecule has 1 fully saturated rings. The molecule has 0 spiro atoms. The van der Waals surface area contributed by atoms with Crippen LogP contribution in [0.1, 0.15) is 51.7 Å². The highest BCUT2D eigenvalue weighted by molar-refractivity contribution is 5.78. The first-order valence-electron chi connectivity index (χ1n) is 11.7. The summed E-state index contributed by atoms with van der Waals surface area (Å²) in [7, 11) is 0. The molecule has 2 heterocycles. The molecular weight excluding hydrogens is 434 g/mol. The summed E-state index contributed by atoms with van der Waals surface area (Å²) in [4.78, 5) is 20.9. The average molecular weight is 468 g/mol. The molecule has 1 N–H and O–H groups in total. The van der Waals surface area contributed by atoms with Gasteiger partial charge in [-0.05, 0) is 83.6 Å². The molecule has 2 aromatic heterocycles. The minimum atomic E-state index is -0.554. The fourth-order valence-corrected chi connectivity index (χ4v) is 3.60. The lowest BCUT2D eigenvalue weighted by molar-refractivity contribution is 0.0493. The number of hydrogen-bond donors (Lipinski definition) is 1. The van der Waals surface area contributed by atoms with E-state index < -0.39 is 11.7 Å². The molecule has 4 rings (SSSR count). The lowest BCUT2D eigenvalue weighted by atomic mass is 10.0. The zero-order chi connectivity index (χ0) is 24.5. The Morgan fingerprint density at radius 3 is 2.53 bits per heavy atom. The van der Waals surface area contributed by atoms with E-state index in [1.54, 1.807) is 12.3 Å². The van der Waals surface area contributed by atoms with Gasteiger partial charge in [-0.3, -0.25) is 0 Å². The Hall–Kier alpha value is -3.29. The van der Waals surface area contributed by atoms with Gasteiger partial charge in [-0.2, -0.15) is 0 Å². The quantitative estimate of drug-likeness (QED) is 0.461. The van der Waals surface area contributed by atoms with Crippen molar-refractivity contribution < 1.29 is 23.4 Å². The number of oxazole rings is 1. The average Bonchev–Trinajstić information content (AvgIpc) is 3.46. The SMILES string of the molecule is Cc1cc(OCC2CC2)cc(C)c1-c1nc2cnc(OC[C@H](C)NC(=O)OC(C)(C)C)cc2o1. The van der Waals surface area contributed by atoms with Gasteiger partial charge in [0, 0.05) is 11.6 Å². The van der Waals surface area contributed by atoms with E-state index in [2.05, 4.69) is 15.3 Å². The Bertz CT molecular complexity index is 1150. The number of carbonyl (C=O) groups excluding carboxylic acids is 1. The van der Waals surface area contributed by atoms with Gasteiger partial charge in [0.25, 0.3) is 0 Å². The molecule has 0 bridgehead atoms. The summed E-state index contributed by atoms with van der Waals surface area (Å²) >= 11 is 0. The van der Waals surface area contributed by atoms with Crippen LogP contribution in [0.5, 0.6) is 11.6 Å². The molecule has 34 heavy (non-hydrogen) atoms. The highest BCUT2D eigenvalue weighted by Gasteiger charge is 2.23. The largest absolute Gasteiger partial charge is 0.493 e. The van der Waals surface area contributed by atoms with Crippen LogP contribution in [0.3, 0.4) is 0 Å². The second-order valence-corrected chi connectivity index (χ2v) is 10.1. The van der Waals surface area contributed by atoms with E-state index in [1.165, 1.54) is 12.8 Å². The number of aryl methyl sites for hydroxylation is 2. The third-order valence-electron chi connectivity index (χ3n) is 5.40. The van der Waals surface area contributed by atoms with Gasteiger partial charge in [-0.1, -0.05) is 0 Å². The number of pyridine rings is 1. The first-order valence-corrected chi connectivity index (χ1v) is 11.7. The van der Waals surface area contributed by atoms with Crippen LogP contribution in [-0.4, -0.2) is 40.9 Å². The second kappa shape index (κ2) is 9.52. The lowest BCUT2D eigenvalue weighted by Crippen LogP contribution is -2.40. The van der Waals surface area contributed by atoms with Gasteiger partial charge in [0.1, 0.15) is 23.5 Å². The van der Waals surface area contributed by atoms with Crippen LogP contribution in [0.25, 0.3) is 22.6 Å². The number of alkyl carbamates (subject to hydrolysis) is 1. The van der Waals surface area contributed by atoms with Crippen molar-refractivity contribution in [2.24, 2.45) is 5.92 Å². The van der Waals surface area contributed by atoms with Gasteiger partial charge in [0.2, 0.25) is 11.8 Å². The monoisotopic (exact) mass is 467 g/mol. The van der Waals surface area contributed by atoms with E-state index >= 15 is 0 Å². The van der Waals surface area contributed by atoms with E-state index in [4.69, 9.17) is 18.6 Å². The van der Waals surface area contributed by atoms with E-state index in [-0.39, 0.29) is 12.6 Å². The van der Waals surface area contributed by atoms with Crippen molar-refractivity contribution in [1.82, 2.24) is 15.3 Å². The maximum absolute atomic E-state index is 11.9. The van der Waals surface area contributed by atoms with Crippen molar-refractivity contribution in [3.05, 3.63) is 35.5 Å². The number of fused-ring (bicyclic) bond motifs is 1. The number of carbonyl (C=O) groups is 1. The van der Waals surface area contributed by atoms with Crippen molar-refractivity contribution in [2.75, 3.05) is 13.2 Å². The molecule has 1 aliphatic rings. The van der Waals surface area contributed by atoms with Crippen LogP contribution in [-0.2, 0) is 4.74 Å². The van der Waals surface area contributed by atoms with Crippen LogP contribution >= 0.6 is 0 Å². The van der Waals surface area contributed by atoms with E-state index in [0.717, 1.165) is 29.0 Å². The first kappa shape index (κ1) is 23.9. The van der Waals surface area contributed by atoms with Crippen molar-refractivity contribution in [3.8, 4) is 23.1 Å². The smallest absolute Gasteiger partial charge is 0.407 e. The van der Waals surface area contributed by atoms with Crippen LogP contribution in [0.15, 0.2) is 28.8 Å². The molecule has 0 aliphatic heterocycles. The maximum atomic E-state index is 11.9. The first-order chi connectivity index (χ1) is 16.1. The Balaban J connectivity index is 1.42. The molecule has 182 valence electrons. The van der Waals surface area contributed by atoms with E-state index in [0.29, 0.717) is 28.8 Å². The fraction of sp³-hybridized carbons (Fsp3) is 0.500. The third-order valence-corrected chi connectivity index (χ3v) is 5.40. The zero-order valence-corrected chi connectivity index (χ0v) is 20.7. The second-order valence-electron chi connectivity index (χ2n) is 10.1. The van der Waals surface area contributed by atoms with Crippen molar-refractivity contribution >= 4 is 17.2 Å². The minimum Gasteiger partial charge on any atom is -0.493 e. The normalized spacial score (nSPS) is 14.6. The Kier molecular flexibility index (Phi) is 6.68. The van der Waals surface area contributed by atoms with Gasteiger partial charge in [0.15, 0.2) is 5.58 Å². The Morgan fingerprint density at radius 2 is 1.88 bits per heavy atom. The molecule has 0 saturated heterocycles. The fourth-order valence-electron chi connectivity index (χ4n) is 3.60. The zero-order valence-electron chi connectivity index (χ0n) is 20.7. The van der Waals surface area contributed by atoms with Gasteiger partial charge in [-0.15, -0.1) is 0 Å². The van der Waals surface area contributed by atoms with Crippen LogP contribution in [0.2, 0.25) is 0 Å². The van der Waals surface area contributed by atoms with E-state index in [9.17, 15) is 4.79 Å². The number of amides is 1. The summed E-state index contributed by atoms with van der Waals surface area (Å²) in [5, 5.41) is 2.74. The lowest BCUT2D eigenvalue weighted by Gasteiger charge is -2.21. The number of ether oxygens (including phenoxy) is 3. The molecule has 8 heteroatoms. The van der Waals surface area contributed by atoms with Gasteiger partial charge < -0.3 is 23.9 Å². The number of aromatic nitrogens is 2. The van der Waals surface area contributed by atoms with Crippen molar-refractivity contribution in [1.29, 1.82) is 0 Å². The molecule has 8 nitrogen and oxygen atoms in total. The third kappa shape index (κ3) is 6.18. The summed E-state index contributed by atoms with van der Waals surface area (Å²) in [6.07, 6.45) is 3.67. The molecule has 1 aliphatic carbocycles. The number of rotatable bonds is 8. The number of nitrogens with zero attached hydrogens (tertiary/aromatic N) is 2. The highest BCUT2D eigenvalue weighted by atomic mass is 16.6. The van der Waals surface area contributed by atoms with E-state index in [1.807, 2.05) is 53.7 Å². The summed E-state index contributed by atoms with van der Waals surface area (Å²) in [5.74, 6) is 2.52. The Labute approximate surface area is 200 Å². The molecule has 0 radical (unpaired) electrons. The summed E-state index contributed by atoms with van der Waals surface area (Å²) in [5.41, 5.74) is 3.72. The molecule has 1 atom stereocenters. The predicted octanol–water partition coefficient (Wildman–Crippen LogP) is 5.59. The van der Waals surface area contributed by atoms with Crippen molar-refractivity contribution in [3.63, 3.8) is 0 Å². The van der Waals surface area contributed by atoms with Gasteiger partial charge in [0.05, 0.1) is 18.8 Å². The Morgan fingerprint density at radius 1 is 1.18 bits per heavy atom. The van der Waals surface area contributed by atoms with Gasteiger partial charge >= 0.3 is 6.09 Å². The van der Waals surface area contributed by atoms with Crippen LogP contribution in [0.4, 0.5) is 4.79 Å². The summed E-state index contributed by atoms with van der Waals surface area (Å²) in [6, 6.07) is 5.52. The number of hydrogen-bond acceptors (Lipinski definition) is 7. The maximum Gasteiger partial charge on any atom is 0.407 e. The minimum absolute atomic E-state index is 0.235. The molecule has 3 aromatic rings. The van der Waals surface area contributed by atoms with Gasteiger partial charge in [-0.25, -0.2) is 14.8 Å². The topological polar surface area (TPSA) is 95.7 Å². The highest BCUT2D eigenvalue weighted by Crippen LogP contribution is 2.34. The predicted molar refractivity (Wildman–Crippen MR) is 129 cm³/mol. The summed E-state index contributed by atoms with van der Waals surface area (Å²) in [6.45, 7) is 12.4. The standard InChI is InChI=1S/C26H33N3O5/c1-15-9-19(31-14-18-7-8-18)10-16(2)23(15)24-29-20-12-27-22(11-21(20)33-24)32-13-17(3)28-25(30)34-26(4,5)6/h9-12,17-18H,7-8,13-14H2,1-6H3,(H,28,30)/t17-/m0/s1. The number of benzene rings is 1. The summed E-state index contributed by atoms with van der Waals surface area (Å²) < 4.78 is 23.0. The van der Waals surface area contributed by atoms with Crippen molar-refractivity contribution in [2.45, 2.75) is 66.0 Å². The van der Waals surface area contributed by atoms with Crippen LogP contribution < -0.4 is 14.8 Å².